The molecule has 0 spiro atoms. The first-order chi connectivity index (χ1) is 37.2. The molecule has 0 aliphatic heterocycles. The summed E-state index contributed by atoms with van der Waals surface area (Å²) >= 11 is 0. The third-order valence-electron chi connectivity index (χ3n) is 16.7. The van der Waals surface area contributed by atoms with Crippen LogP contribution in [0, 0.1) is 0 Å². The van der Waals surface area contributed by atoms with Crippen molar-refractivity contribution in [1.29, 1.82) is 0 Å². The topological polar surface area (TPSA) is 69.6 Å². The van der Waals surface area contributed by atoms with E-state index in [9.17, 15) is 15.0 Å². The molecule has 2 unspecified atom stereocenters. The molecule has 4 nitrogen and oxygen atoms in total. The first kappa shape index (κ1) is 73.9. The van der Waals surface area contributed by atoms with Crippen molar-refractivity contribution in [1.82, 2.24) is 5.32 Å². The summed E-state index contributed by atoms with van der Waals surface area (Å²) in [4.78, 5) is 12.5. The molecular formula is C71H139NO3. The standard InChI is InChI=1S/C71H139NO3/c1-3-5-7-9-11-13-15-17-19-21-23-25-27-29-31-33-35-37-38-40-42-44-46-48-50-52-54-56-58-60-62-64-66-70(74)69(68-73)72-71(75)67-65-63-61-59-57-55-53-51-49-47-45-43-41-39-36-34-32-30-28-26-24-22-20-18-16-14-12-10-8-6-4-2/h56,58,64,66,69-70,73-74H,3-55,57,59-63,65,67-68H2,1-2H3,(H,72,75)/b58-56+,66-64+. The van der Waals surface area contributed by atoms with Crippen LogP contribution in [-0.2, 0) is 4.79 Å². The van der Waals surface area contributed by atoms with Crippen molar-refractivity contribution in [3.8, 4) is 0 Å². The molecule has 0 aliphatic carbocycles. The first-order valence-electron chi connectivity index (χ1n) is 35.1. The summed E-state index contributed by atoms with van der Waals surface area (Å²) in [7, 11) is 0. The molecule has 0 heterocycles. The van der Waals surface area contributed by atoms with Gasteiger partial charge in [0.2, 0.25) is 5.91 Å². The number of hydrogen-bond acceptors (Lipinski definition) is 3. The highest BCUT2D eigenvalue weighted by Crippen LogP contribution is 2.19. The van der Waals surface area contributed by atoms with Crippen LogP contribution in [0.1, 0.15) is 406 Å². The highest BCUT2D eigenvalue weighted by molar-refractivity contribution is 5.76. The number of aliphatic hydroxyl groups is 2. The predicted molar refractivity (Wildman–Crippen MR) is 336 cm³/mol. The summed E-state index contributed by atoms with van der Waals surface area (Å²) in [5.41, 5.74) is 0. The van der Waals surface area contributed by atoms with E-state index in [1.165, 1.54) is 353 Å². The van der Waals surface area contributed by atoms with Gasteiger partial charge in [0.25, 0.3) is 0 Å². The molecule has 75 heavy (non-hydrogen) atoms. The van der Waals surface area contributed by atoms with E-state index in [4.69, 9.17) is 0 Å². The van der Waals surface area contributed by atoms with Gasteiger partial charge in [0.15, 0.2) is 0 Å². The lowest BCUT2D eigenvalue weighted by atomic mass is 10.0. The van der Waals surface area contributed by atoms with Crippen molar-refractivity contribution in [3.63, 3.8) is 0 Å². The van der Waals surface area contributed by atoms with E-state index >= 15 is 0 Å². The average Bonchev–Trinajstić information content (AvgIpc) is 3.41. The third kappa shape index (κ3) is 63.6. The van der Waals surface area contributed by atoms with E-state index in [1.54, 1.807) is 6.08 Å². The molecule has 2 atom stereocenters. The minimum atomic E-state index is -0.861. The normalized spacial score (nSPS) is 12.7. The van der Waals surface area contributed by atoms with Crippen LogP contribution in [0.2, 0.25) is 0 Å². The van der Waals surface area contributed by atoms with Crippen molar-refractivity contribution in [2.75, 3.05) is 6.61 Å². The summed E-state index contributed by atoms with van der Waals surface area (Å²) < 4.78 is 0. The van der Waals surface area contributed by atoms with Gasteiger partial charge >= 0.3 is 0 Å². The van der Waals surface area contributed by atoms with E-state index < -0.39 is 12.1 Å². The number of unbranched alkanes of at least 4 members (excludes halogenated alkanes) is 57. The molecule has 0 aromatic heterocycles. The zero-order chi connectivity index (χ0) is 54.1. The van der Waals surface area contributed by atoms with Gasteiger partial charge in [-0.3, -0.25) is 4.79 Å². The van der Waals surface area contributed by atoms with E-state index in [2.05, 4.69) is 31.3 Å². The minimum absolute atomic E-state index is 0.0640. The van der Waals surface area contributed by atoms with E-state index in [-0.39, 0.29) is 12.5 Å². The van der Waals surface area contributed by atoms with Crippen molar-refractivity contribution >= 4 is 5.91 Å². The number of carbonyl (C=O) groups excluding carboxylic acids is 1. The molecule has 0 rings (SSSR count). The lowest BCUT2D eigenvalue weighted by molar-refractivity contribution is -0.123. The Morgan fingerprint density at radius 2 is 0.520 bits per heavy atom. The Balaban J connectivity index is 3.43. The zero-order valence-corrected chi connectivity index (χ0v) is 51.6. The van der Waals surface area contributed by atoms with E-state index in [1.807, 2.05) is 6.08 Å². The van der Waals surface area contributed by atoms with Crippen molar-refractivity contribution in [2.24, 2.45) is 0 Å². The predicted octanol–water partition coefficient (Wildman–Crippen LogP) is 23.8. The smallest absolute Gasteiger partial charge is 0.220 e. The number of aliphatic hydroxyl groups excluding tert-OH is 2. The molecule has 0 aromatic rings. The monoisotopic (exact) mass is 1050 g/mol. The number of carbonyl (C=O) groups is 1. The number of amides is 1. The minimum Gasteiger partial charge on any atom is -0.394 e. The molecule has 446 valence electrons. The van der Waals surface area contributed by atoms with Crippen LogP contribution in [-0.4, -0.2) is 34.9 Å². The number of nitrogens with one attached hydrogen (secondary N) is 1. The van der Waals surface area contributed by atoms with Gasteiger partial charge in [-0.2, -0.15) is 0 Å². The number of hydrogen-bond donors (Lipinski definition) is 3. The lowest BCUT2D eigenvalue weighted by Gasteiger charge is -2.19. The quantitative estimate of drug-likeness (QED) is 0.0420. The largest absolute Gasteiger partial charge is 0.394 e. The van der Waals surface area contributed by atoms with Crippen LogP contribution in [0.15, 0.2) is 24.3 Å². The SMILES string of the molecule is CCCCCCCCCCCCCCCCCCCCCCCCCCCC/C=C/CC/C=C/C(O)C(CO)NC(=O)CCCCCCCCCCCCCCCCCCCCCCCCCCCCCCCCC. The summed E-state index contributed by atoms with van der Waals surface area (Å²) in [6, 6.07) is -0.638. The van der Waals surface area contributed by atoms with Gasteiger partial charge in [0, 0.05) is 6.42 Å². The maximum atomic E-state index is 12.5. The van der Waals surface area contributed by atoms with Crippen LogP contribution in [0.3, 0.4) is 0 Å². The lowest BCUT2D eigenvalue weighted by Crippen LogP contribution is -2.45. The fourth-order valence-corrected chi connectivity index (χ4v) is 11.4. The summed E-state index contributed by atoms with van der Waals surface area (Å²) in [6.45, 7) is 4.35. The molecular weight excluding hydrogens is 915 g/mol. The number of allylic oxidation sites excluding steroid dienone is 3. The van der Waals surface area contributed by atoms with Gasteiger partial charge in [0.1, 0.15) is 0 Å². The maximum absolute atomic E-state index is 12.5. The van der Waals surface area contributed by atoms with Crippen LogP contribution in [0.5, 0.6) is 0 Å². The molecule has 0 radical (unpaired) electrons. The second-order valence-electron chi connectivity index (χ2n) is 24.3. The van der Waals surface area contributed by atoms with E-state index in [0.717, 1.165) is 32.1 Å². The Hall–Kier alpha value is -1.13. The zero-order valence-electron chi connectivity index (χ0n) is 51.6. The van der Waals surface area contributed by atoms with Gasteiger partial charge in [0.05, 0.1) is 18.8 Å². The molecule has 0 saturated carbocycles. The fourth-order valence-electron chi connectivity index (χ4n) is 11.4. The summed E-state index contributed by atoms with van der Waals surface area (Å²) in [5.74, 6) is -0.0640. The third-order valence-corrected chi connectivity index (χ3v) is 16.7. The second kappa shape index (κ2) is 67.1. The van der Waals surface area contributed by atoms with Gasteiger partial charge in [-0.1, -0.05) is 391 Å². The highest BCUT2D eigenvalue weighted by Gasteiger charge is 2.18. The van der Waals surface area contributed by atoms with Crippen molar-refractivity contribution in [2.45, 2.75) is 418 Å². The molecule has 0 bridgehead atoms. The van der Waals surface area contributed by atoms with Gasteiger partial charge < -0.3 is 15.5 Å². The van der Waals surface area contributed by atoms with Crippen LogP contribution < -0.4 is 5.32 Å². The van der Waals surface area contributed by atoms with Gasteiger partial charge in [-0.15, -0.1) is 0 Å². The molecule has 1 amide bonds. The molecule has 0 saturated heterocycles. The first-order valence-corrected chi connectivity index (χ1v) is 35.1. The number of rotatable bonds is 66. The molecule has 0 aliphatic rings. The summed E-state index contributed by atoms with van der Waals surface area (Å²) in [5, 5.41) is 23.3. The summed E-state index contributed by atoms with van der Waals surface area (Å²) in [6.07, 6.45) is 91.4. The van der Waals surface area contributed by atoms with Gasteiger partial charge in [-0.25, -0.2) is 0 Å². The Morgan fingerprint density at radius 1 is 0.307 bits per heavy atom. The fraction of sp³-hybridized carbons (Fsp3) is 0.930. The van der Waals surface area contributed by atoms with Gasteiger partial charge in [-0.05, 0) is 32.1 Å². The Morgan fingerprint density at radius 3 is 0.773 bits per heavy atom. The Kier molecular flexibility index (Phi) is 66.1. The second-order valence-corrected chi connectivity index (χ2v) is 24.3. The molecule has 3 N–H and O–H groups in total. The molecule has 0 fully saturated rings. The molecule has 0 aromatic carbocycles. The van der Waals surface area contributed by atoms with Crippen molar-refractivity contribution < 1.29 is 15.0 Å². The van der Waals surface area contributed by atoms with Crippen LogP contribution in [0.4, 0.5) is 0 Å². The maximum Gasteiger partial charge on any atom is 0.220 e. The Bertz CT molecular complexity index is 1100. The van der Waals surface area contributed by atoms with Crippen LogP contribution in [0.25, 0.3) is 0 Å². The highest BCUT2D eigenvalue weighted by atomic mass is 16.3. The van der Waals surface area contributed by atoms with Crippen LogP contribution >= 0.6 is 0 Å². The van der Waals surface area contributed by atoms with E-state index in [0.29, 0.717) is 6.42 Å². The average molecular weight is 1050 g/mol. The van der Waals surface area contributed by atoms with Crippen molar-refractivity contribution in [3.05, 3.63) is 24.3 Å². The Labute approximate surface area is 472 Å². The molecule has 4 heteroatoms.